The normalized spacial score (nSPS) is 19.2. The molecule has 2 atom stereocenters. The van der Waals surface area contributed by atoms with Crippen molar-refractivity contribution in [3.63, 3.8) is 0 Å². The van der Waals surface area contributed by atoms with Crippen LogP contribution in [0, 0.1) is 5.92 Å². The van der Waals surface area contributed by atoms with Gasteiger partial charge in [-0.05, 0) is 57.1 Å². The molecule has 1 aliphatic heterocycles. The Kier molecular flexibility index (Phi) is 12.4. The smallest absolute Gasteiger partial charge is 0.191 e. The van der Waals surface area contributed by atoms with Gasteiger partial charge in [-0.1, -0.05) is 43.6 Å². The van der Waals surface area contributed by atoms with E-state index in [9.17, 15) is 0 Å². The second-order valence-electron chi connectivity index (χ2n) is 7.36. The van der Waals surface area contributed by atoms with Gasteiger partial charge in [-0.25, -0.2) is 0 Å². The van der Waals surface area contributed by atoms with E-state index >= 15 is 0 Å². The summed E-state index contributed by atoms with van der Waals surface area (Å²) in [5.41, 5.74) is 1.17. The molecule has 28 heavy (non-hydrogen) atoms. The third kappa shape index (κ3) is 7.69. The van der Waals surface area contributed by atoms with Gasteiger partial charge in [-0.3, -0.25) is 9.89 Å². The van der Waals surface area contributed by atoms with E-state index < -0.39 is 0 Å². The van der Waals surface area contributed by atoms with Crippen LogP contribution in [-0.2, 0) is 0 Å². The maximum atomic E-state index is 6.50. The minimum Gasteiger partial charge on any atom is -0.356 e. The number of piperidine rings is 1. The summed E-state index contributed by atoms with van der Waals surface area (Å²) in [7, 11) is 4.04. The van der Waals surface area contributed by atoms with Gasteiger partial charge in [0.25, 0.3) is 0 Å². The molecule has 2 unspecified atom stereocenters. The molecule has 2 rings (SSSR count). The molecule has 5 nitrogen and oxygen atoms in total. The van der Waals surface area contributed by atoms with Crippen LogP contribution in [0.15, 0.2) is 29.3 Å². The van der Waals surface area contributed by atoms with Crippen molar-refractivity contribution in [2.24, 2.45) is 10.9 Å². The lowest BCUT2D eigenvalue weighted by molar-refractivity contribution is 0.209. The molecule has 1 aromatic rings. The molecule has 2 N–H and O–H groups in total. The zero-order chi connectivity index (χ0) is 19.6. The van der Waals surface area contributed by atoms with Gasteiger partial charge in [0, 0.05) is 31.7 Å². The summed E-state index contributed by atoms with van der Waals surface area (Å²) in [6, 6.07) is 8.36. The van der Waals surface area contributed by atoms with E-state index in [0.717, 1.165) is 43.7 Å². The van der Waals surface area contributed by atoms with Crippen LogP contribution in [0.3, 0.4) is 0 Å². The Labute approximate surface area is 193 Å². The molecule has 0 saturated carbocycles. The molecule has 0 bridgehead atoms. The van der Waals surface area contributed by atoms with E-state index in [0.29, 0.717) is 5.92 Å². The van der Waals surface area contributed by atoms with E-state index in [4.69, 9.17) is 11.6 Å². The highest BCUT2D eigenvalue weighted by Gasteiger charge is 2.21. The molecule has 160 valence electrons. The highest BCUT2D eigenvalue weighted by Crippen LogP contribution is 2.26. The molecule has 0 amide bonds. The predicted octanol–water partition coefficient (Wildman–Crippen LogP) is 3.85. The van der Waals surface area contributed by atoms with Crippen LogP contribution >= 0.6 is 35.6 Å². The van der Waals surface area contributed by atoms with Crippen LogP contribution in [-0.4, -0.2) is 69.1 Å². The molecule has 1 fully saturated rings. The van der Waals surface area contributed by atoms with Crippen LogP contribution in [0.25, 0.3) is 0 Å². The number of halogens is 2. The topological polar surface area (TPSA) is 42.9 Å². The second kappa shape index (κ2) is 13.6. The zero-order valence-electron chi connectivity index (χ0n) is 17.7. The van der Waals surface area contributed by atoms with Gasteiger partial charge in [0.15, 0.2) is 5.96 Å². The van der Waals surface area contributed by atoms with Gasteiger partial charge in [-0.15, -0.1) is 24.0 Å². The fraction of sp³-hybridized carbons (Fsp3) is 0.667. The summed E-state index contributed by atoms with van der Waals surface area (Å²) in [6.45, 7) is 10.5. The number of likely N-dealkylation sites (tertiary alicyclic amines) is 1. The van der Waals surface area contributed by atoms with Gasteiger partial charge >= 0.3 is 0 Å². The predicted molar refractivity (Wildman–Crippen MR) is 132 cm³/mol. The van der Waals surface area contributed by atoms with Crippen LogP contribution < -0.4 is 10.6 Å². The summed E-state index contributed by atoms with van der Waals surface area (Å²) in [5.74, 6) is 1.55. The maximum Gasteiger partial charge on any atom is 0.191 e. The fourth-order valence-electron chi connectivity index (χ4n) is 3.94. The van der Waals surface area contributed by atoms with E-state index in [2.05, 4.69) is 58.5 Å². The Balaban J connectivity index is 0.00000392. The Bertz CT molecular complexity index is 594. The largest absolute Gasteiger partial charge is 0.356 e. The van der Waals surface area contributed by atoms with Crippen molar-refractivity contribution >= 4 is 41.5 Å². The number of aliphatic imine (C=N–C) groups is 1. The SMILES string of the molecule is CCN(CC)C(CNC(=NC)NCC1CCCN(C)C1)c1ccccc1Cl.I. The van der Waals surface area contributed by atoms with Gasteiger partial charge in [0.05, 0.1) is 6.04 Å². The van der Waals surface area contributed by atoms with Gasteiger partial charge in [0.1, 0.15) is 0 Å². The van der Waals surface area contributed by atoms with Crippen LogP contribution in [0.4, 0.5) is 0 Å². The van der Waals surface area contributed by atoms with Crippen molar-refractivity contribution in [2.75, 3.05) is 53.4 Å². The van der Waals surface area contributed by atoms with Crippen molar-refractivity contribution in [1.29, 1.82) is 0 Å². The first kappa shape index (κ1) is 25.5. The number of nitrogens with zero attached hydrogens (tertiary/aromatic N) is 3. The molecule has 1 saturated heterocycles. The van der Waals surface area contributed by atoms with Gasteiger partial charge < -0.3 is 15.5 Å². The maximum absolute atomic E-state index is 6.50. The molecule has 0 aliphatic carbocycles. The summed E-state index contributed by atoms with van der Waals surface area (Å²) >= 11 is 6.50. The number of hydrogen-bond acceptors (Lipinski definition) is 3. The Morgan fingerprint density at radius 2 is 2.00 bits per heavy atom. The number of nitrogens with one attached hydrogen (secondary N) is 2. The van der Waals surface area contributed by atoms with Crippen LogP contribution in [0.2, 0.25) is 5.02 Å². The quantitative estimate of drug-likeness (QED) is 0.310. The molecule has 1 aliphatic rings. The van der Waals surface area contributed by atoms with Crippen molar-refractivity contribution in [1.82, 2.24) is 20.4 Å². The lowest BCUT2D eigenvalue weighted by Gasteiger charge is -2.32. The van der Waals surface area contributed by atoms with Crippen LogP contribution in [0.5, 0.6) is 0 Å². The van der Waals surface area contributed by atoms with Crippen molar-refractivity contribution in [3.05, 3.63) is 34.9 Å². The number of benzene rings is 1. The molecule has 1 aromatic carbocycles. The lowest BCUT2D eigenvalue weighted by Crippen LogP contribution is -2.46. The fourth-order valence-corrected chi connectivity index (χ4v) is 4.20. The summed E-state index contributed by atoms with van der Waals surface area (Å²) < 4.78 is 0. The third-order valence-corrected chi connectivity index (χ3v) is 5.83. The lowest BCUT2D eigenvalue weighted by atomic mass is 9.98. The standard InChI is InChI=1S/C21H36ClN5.HI/c1-5-27(6-2)20(18-11-7-8-12-19(18)22)15-25-21(23-3)24-14-17-10-9-13-26(4)16-17;/h7-8,11-12,17,20H,5-6,9-10,13-16H2,1-4H3,(H2,23,24,25);1H. The summed E-state index contributed by atoms with van der Waals surface area (Å²) in [6.07, 6.45) is 2.57. The number of likely N-dealkylation sites (N-methyl/N-ethyl adjacent to an activating group) is 1. The van der Waals surface area contributed by atoms with Crippen molar-refractivity contribution in [3.8, 4) is 0 Å². The second-order valence-corrected chi connectivity index (χ2v) is 7.77. The molecular formula is C21H37ClIN5. The highest BCUT2D eigenvalue weighted by atomic mass is 127. The highest BCUT2D eigenvalue weighted by molar-refractivity contribution is 14.0. The number of guanidine groups is 1. The minimum atomic E-state index is 0. The first-order chi connectivity index (χ1) is 13.1. The summed E-state index contributed by atoms with van der Waals surface area (Å²) in [5, 5.41) is 7.86. The molecule has 7 heteroatoms. The average Bonchev–Trinajstić information content (AvgIpc) is 2.68. The third-order valence-electron chi connectivity index (χ3n) is 5.48. The van der Waals surface area contributed by atoms with Gasteiger partial charge in [-0.2, -0.15) is 0 Å². The zero-order valence-corrected chi connectivity index (χ0v) is 20.8. The summed E-state index contributed by atoms with van der Waals surface area (Å²) in [4.78, 5) is 9.26. The first-order valence-corrected chi connectivity index (χ1v) is 10.6. The number of rotatable bonds is 8. The van der Waals surface area contributed by atoms with Gasteiger partial charge in [0.2, 0.25) is 0 Å². The monoisotopic (exact) mass is 521 g/mol. The van der Waals surface area contributed by atoms with E-state index in [-0.39, 0.29) is 30.0 Å². The van der Waals surface area contributed by atoms with E-state index in [1.807, 2.05) is 19.2 Å². The Morgan fingerprint density at radius 3 is 2.61 bits per heavy atom. The molecule has 0 radical (unpaired) electrons. The van der Waals surface area contributed by atoms with Crippen LogP contribution in [0.1, 0.15) is 38.3 Å². The molecule has 0 spiro atoms. The van der Waals surface area contributed by atoms with E-state index in [1.54, 1.807) is 0 Å². The molecular weight excluding hydrogens is 485 g/mol. The van der Waals surface area contributed by atoms with Crippen molar-refractivity contribution in [2.45, 2.75) is 32.7 Å². The Morgan fingerprint density at radius 1 is 1.29 bits per heavy atom. The van der Waals surface area contributed by atoms with Crippen molar-refractivity contribution < 1.29 is 0 Å². The Hall–Kier alpha value is -0.570. The minimum absolute atomic E-state index is 0. The van der Waals surface area contributed by atoms with E-state index in [1.165, 1.54) is 24.9 Å². The average molecular weight is 522 g/mol. The molecule has 1 heterocycles. The molecule has 0 aromatic heterocycles. The number of hydrogen-bond donors (Lipinski definition) is 2. The first-order valence-electron chi connectivity index (χ1n) is 10.2.